The monoisotopic (exact) mass is 838 g/mol. The van der Waals surface area contributed by atoms with Crippen molar-refractivity contribution in [2.75, 3.05) is 20.7 Å². The highest BCUT2D eigenvalue weighted by molar-refractivity contribution is 6.00. The van der Waals surface area contributed by atoms with Gasteiger partial charge < -0.3 is 52.6 Å². The molecule has 0 saturated carbocycles. The van der Waals surface area contributed by atoms with Gasteiger partial charge in [-0.2, -0.15) is 0 Å². The second kappa shape index (κ2) is 24.8. The van der Waals surface area contributed by atoms with Crippen molar-refractivity contribution < 1.29 is 48.5 Å². The normalized spacial score (nSPS) is 24.9. The number of unbranched alkanes of at least 4 members (excludes halogenated alkanes) is 1. The van der Waals surface area contributed by atoms with Crippen molar-refractivity contribution in [3.05, 3.63) is 71.5 Å². The van der Waals surface area contributed by atoms with Crippen LogP contribution in [0.2, 0.25) is 0 Å². The molecule has 0 unspecified atom stereocenters. The zero-order chi connectivity index (χ0) is 45.1. The molecule has 1 fully saturated rings. The van der Waals surface area contributed by atoms with Crippen molar-refractivity contribution in [2.24, 2.45) is 34.2 Å². The van der Waals surface area contributed by atoms with Crippen LogP contribution in [0.15, 0.2) is 70.9 Å². The summed E-state index contributed by atoms with van der Waals surface area (Å²) < 4.78 is 5.80. The third-order valence-corrected chi connectivity index (χ3v) is 10.3. The number of carboxylic acids is 2. The van der Waals surface area contributed by atoms with Gasteiger partial charge in [0.25, 0.3) is 5.91 Å². The molecule has 0 bridgehead atoms. The maximum atomic E-state index is 14.1. The minimum absolute atomic E-state index is 0.0401. The van der Waals surface area contributed by atoms with Crippen LogP contribution in [0.4, 0.5) is 0 Å². The Morgan fingerprint density at radius 1 is 0.950 bits per heavy atom. The number of carbonyl (C=O) groups is 7. The molecule has 18 nitrogen and oxygen atoms in total. The molecule has 1 aromatic carbocycles. The molecule has 0 radical (unpaired) electrons. The van der Waals surface area contributed by atoms with Crippen molar-refractivity contribution in [3.63, 3.8) is 0 Å². The van der Waals surface area contributed by atoms with Crippen LogP contribution < -0.4 is 32.7 Å². The molecule has 0 aliphatic carbocycles. The molecule has 0 aromatic heterocycles. The Morgan fingerprint density at radius 2 is 1.60 bits per heavy atom. The lowest BCUT2D eigenvalue weighted by Gasteiger charge is -2.28. The summed E-state index contributed by atoms with van der Waals surface area (Å²) in [4.78, 5) is 97.8. The molecule has 1 aliphatic rings. The summed E-state index contributed by atoms with van der Waals surface area (Å²) in [5.41, 5.74) is 12.5. The summed E-state index contributed by atoms with van der Waals surface area (Å²) in [6.45, 7) is 8.26. The number of rotatable bonds is 14. The summed E-state index contributed by atoms with van der Waals surface area (Å²) in [6.07, 6.45) is 7.02. The Bertz CT molecular complexity index is 1790. The fourth-order valence-electron chi connectivity index (χ4n) is 6.55. The molecule has 1 saturated heterocycles. The highest BCUT2D eigenvalue weighted by Crippen LogP contribution is 2.19. The number of methoxy groups -OCH3 is 1. The first-order valence-corrected chi connectivity index (χ1v) is 19.9. The van der Waals surface area contributed by atoms with Gasteiger partial charge >= 0.3 is 11.9 Å². The van der Waals surface area contributed by atoms with Crippen LogP contribution in [0.25, 0.3) is 0 Å². The lowest BCUT2D eigenvalue weighted by atomic mass is 9.94. The lowest BCUT2D eigenvalue weighted by molar-refractivity contribution is -0.146. The first kappa shape index (κ1) is 50.1. The van der Waals surface area contributed by atoms with Gasteiger partial charge in [-0.3, -0.25) is 29.0 Å². The van der Waals surface area contributed by atoms with E-state index in [1.807, 2.05) is 50.3 Å². The zero-order valence-electron chi connectivity index (χ0n) is 35.5. The highest BCUT2D eigenvalue weighted by Gasteiger charge is 2.36. The van der Waals surface area contributed by atoms with Gasteiger partial charge in [-0.1, -0.05) is 81.0 Å². The molecule has 5 amide bonds. The summed E-state index contributed by atoms with van der Waals surface area (Å²) in [7, 11) is 2.89. The molecule has 2 rings (SSSR count). The average molecular weight is 839 g/mol. The Hall–Kier alpha value is -6.04. The Morgan fingerprint density at radius 3 is 2.18 bits per heavy atom. The third kappa shape index (κ3) is 16.0. The molecule has 10 N–H and O–H groups in total. The van der Waals surface area contributed by atoms with Crippen LogP contribution >= 0.6 is 0 Å². The fourth-order valence-corrected chi connectivity index (χ4v) is 6.55. The number of nitrogens with two attached hydrogens (primary N) is 2. The number of allylic oxidation sites excluding steroid dienone is 3. The fraction of sp³-hybridized carbons (Fsp3) is 0.524. The number of likely N-dealkylation sites (N-methyl/N-ethyl adjacent to an activating group) is 1. The molecule has 18 heteroatoms. The van der Waals surface area contributed by atoms with E-state index in [9.17, 15) is 43.8 Å². The standard InChI is InChI=1S/C42H62N8O10/c1-8-32-39(55)49-35(41(58)59)27(5)37(53)47-30(16-12-13-21-45-42(43)44)38(54)46-29(26(4)36(52)48-31(40(56)57)19-20-34(51)50(32)6)18-17-24(2)22-25(3)33(60-7)23-28-14-10-9-11-15-28/h8-11,14-15,17-18,22,25-27,29-31,33,35H,12-13,16,19-21,23H2,1-7H3,(H,46,54)(H,47,53)(H,48,52)(H,49,55)(H,56,57)(H,58,59)(H4,43,44,45)/b18-17+,24-22+,32-8?/t25-,26-,27-,29-,30-,31+,33-,35+/m0/s1. The number of aliphatic carboxylic acids is 2. The molecule has 1 aliphatic heterocycles. The summed E-state index contributed by atoms with van der Waals surface area (Å²) in [5.74, 6) is -9.73. The number of nitrogens with one attached hydrogen (secondary N) is 4. The van der Waals surface area contributed by atoms with Crippen LogP contribution in [0.3, 0.4) is 0 Å². The minimum Gasteiger partial charge on any atom is -0.480 e. The maximum absolute atomic E-state index is 14.1. The van der Waals surface area contributed by atoms with E-state index in [1.54, 1.807) is 19.3 Å². The number of aliphatic imine (C=N–C) groups is 1. The van der Waals surface area contributed by atoms with E-state index in [0.29, 0.717) is 19.3 Å². The molecule has 330 valence electrons. The number of ether oxygens (including phenoxy) is 1. The number of carbonyl (C=O) groups excluding carboxylic acids is 5. The first-order chi connectivity index (χ1) is 28.3. The van der Waals surface area contributed by atoms with E-state index in [0.717, 1.165) is 16.0 Å². The van der Waals surface area contributed by atoms with Crippen LogP contribution in [0, 0.1) is 17.8 Å². The number of guanidine groups is 1. The minimum atomic E-state index is -1.79. The first-order valence-electron chi connectivity index (χ1n) is 19.9. The van der Waals surface area contributed by atoms with Crippen LogP contribution in [0.5, 0.6) is 0 Å². The lowest BCUT2D eigenvalue weighted by Crippen LogP contribution is -2.56. The van der Waals surface area contributed by atoms with E-state index in [1.165, 1.54) is 33.9 Å². The van der Waals surface area contributed by atoms with Gasteiger partial charge in [-0.05, 0) is 51.5 Å². The van der Waals surface area contributed by atoms with Crippen molar-refractivity contribution in [3.8, 4) is 0 Å². The van der Waals surface area contributed by atoms with E-state index < -0.39 is 83.9 Å². The number of carboxylic acid groups (broad SMARTS) is 2. The second-order valence-corrected chi connectivity index (χ2v) is 14.9. The smallest absolute Gasteiger partial charge is 0.327 e. The van der Waals surface area contributed by atoms with Crippen LogP contribution in [-0.2, 0) is 44.7 Å². The van der Waals surface area contributed by atoms with Gasteiger partial charge in [0, 0.05) is 33.0 Å². The van der Waals surface area contributed by atoms with Gasteiger partial charge in [0.2, 0.25) is 23.6 Å². The Balaban J connectivity index is 2.63. The number of hydrogen-bond donors (Lipinski definition) is 8. The molecule has 0 spiro atoms. The number of amides is 5. The molecule has 1 aromatic rings. The number of hydrogen-bond acceptors (Lipinski definition) is 9. The molecular weight excluding hydrogens is 777 g/mol. The van der Waals surface area contributed by atoms with Crippen molar-refractivity contribution in [1.29, 1.82) is 0 Å². The highest BCUT2D eigenvalue weighted by atomic mass is 16.5. The van der Waals surface area contributed by atoms with Crippen molar-refractivity contribution >= 4 is 47.4 Å². The van der Waals surface area contributed by atoms with Gasteiger partial charge in [0.05, 0.1) is 24.0 Å². The van der Waals surface area contributed by atoms with Crippen LogP contribution in [0.1, 0.15) is 72.3 Å². The maximum Gasteiger partial charge on any atom is 0.327 e. The SMILES string of the molecule is CC=C1C(=O)N[C@@H](C(=O)O)[C@H](C)C(=O)N[C@@H](CCCCN=C(N)N)C(=O)N[C@@H](/C=C/C(C)=C/[C@H](C)[C@H](Cc2ccccc2)OC)[C@H](C)C(=O)N[C@@H](C(=O)O)CCC(=O)N1C. The summed E-state index contributed by atoms with van der Waals surface area (Å²) in [5, 5.41) is 30.3. The van der Waals surface area contributed by atoms with Crippen molar-refractivity contribution in [1.82, 2.24) is 26.2 Å². The Labute approximate surface area is 351 Å². The Kier molecular flexibility index (Phi) is 20.7. The molecule has 60 heavy (non-hydrogen) atoms. The summed E-state index contributed by atoms with van der Waals surface area (Å²) in [6, 6.07) is 4.21. The van der Waals surface area contributed by atoms with Crippen LogP contribution in [-0.4, -0.2) is 114 Å². The quantitative estimate of drug-likeness (QED) is 0.0434. The topological polar surface area (TPSA) is 285 Å². The zero-order valence-corrected chi connectivity index (χ0v) is 35.5. The number of benzene rings is 1. The predicted octanol–water partition coefficient (Wildman–Crippen LogP) is 1.36. The predicted molar refractivity (Wildman–Crippen MR) is 225 cm³/mol. The van der Waals surface area contributed by atoms with Gasteiger partial charge in [0.15, 0.2) is 5.96 Å². The largest absolute Gasteiger partial charge is 0.480 e. The number of nitrogens with zero attached hydrogens (tertiary/aromatic N) is 2. The van der Waals surface area contributed by atoms with Gasteiger partial charge in [-0.15, -0.1) is 0 Å². The average Bonchev–Trinajstić information content (AvgIpc) is 3.20. The molecular formula is C42H62N8O10. The summed E-state index contributed by atoms with van der Waals surface area (Å²) >= 11 is 0. The molecule has 8 atom stereocenters. The molecule has 1 heterocycles. The van der Waals surface area contributed by atoms with E-state index in [4.69, 9.17) is 16.2 Å². The second-order valence-electron chi connectivity index (χ2n) is 14.9. The van der Waals surface area contributed by atoms with Crippen molar-refractivity contribution in [2.45, 2.75) is 103 Å². The van der Waals surface area contributed by atoms with E-state index >= 15 is 0 Å². The van der Waals surface area contributed by atoms with E-state index in [2.05, 4.69) is 26.3 Å². The third-order valence-electron chi connectivity index (χ3n) is 10.3. The van der Waals surface area contributed by atoms with E-state index in [-0.39, 0.29) is 43.1 Å². The van der Waals surface area contributed by atoms with Gasteiger partial charge in [0.1, 0.15) is 23.8 Å². The van der Waals surface area contributed by atoms with Gasteiger partial charge in [-0.25, -0.2) is 9.59 Å².